The molecule has 0 spiro atoms. The Balaban J connectivity index is 1.83. The maximum atomic E-state index is 12.6. The van der Waals surface area contributed by atoms with Crippen molar-refractivity contribution in [2.75, 3.05) is 19.8 Å². The van der Waals surface area contributed by atoms with Crippen LogP contribution in [0.3, 0.4) is 0 Å². The zero-order chi connectivity index (χ0) is 24.0. The van der Waals surface area contributed by atoms with E-state index in [9.17, 15) is 14.4 Å². The molecule has 0 N–H and O–H groups in total. The first-order valence-corrected chi connectivity index (χ1v) is 12.1. The van der Waals surface area contributed by atoms with Crippen molar-refractivity contribution in [1.29, 1.82) is 0 Å². The third kappa shape index (κ3) is 6.31. The lowest BCUT2D eigenvalue weighted by molar-refractivity contribution is -0.145. The first-order valence-electron chi connectivity index (χ1n) is 10.1. The maximum Gasteiger partial charge on any atom is 0.326 e. The number of thioether (sulfide) groups is 1. The molecule has 3 rings (SSSR count). The van der Waals surface area contributed by atoms with Crippen LogP contribution in [0, 0.1) is 0 Å². The van der Waals surface area contributed by atoms with E-state index in [0.29, 0.717) is 33.2 Å². The number of nitrogens with zero attached hydrogens (tertiary/aromatic N) is 1. The van der Waals surface area contributed by atoms with Gasteiger partial charge in [0.15, 0.2) is 11.5 Å². The number of rotatable bonds is 9. The lowest BCUT2D eigenvalue weighted by Gasteiger charge is -2.15. The Hall–Kier alpha value is -2.49. The van der Waals surface area contributed by atoms with Crippen LogP contribution in [-0.2, 0) is 20.9 Å². The van der Waals surface area contributed by atoms with Crippen molar-refractivity contribution in [2.24, 2.45) is 0 Å². The van der Waals surface area contributed by atoms with Crippen molar-refractivity contribution in [3.63, 3.8) is 0 Å². The summed E-state index contributed by atoms with van der Waals surface area (Å²) in [5.41, 5.74) is 1.45. The average Bonchev–Trinajstić information content (AvgIpc) is 3.02. The Morgan fingerprint density at radius 2 is 1.91 bits per heavy atom. The van der Waals surface area contributed by atoms with Crippen molar-refractivity contribution in [1.82, 2.24) is 4.90 Å². The Morgan fingerprint density at radius 1 is 1.15 bits per heavy atom. The molecule has 2 amide bonds. The number of ether oxygens (including phenoxy) is 3. The quantitative estimate of drug-likeness (QED) is 0.291. The van der Waals surface area contributed by atoms with Crippen LogP contribution in [0.15, 0.2) is 45.8 Å². The molecule has 0 radical (unpaired) electrons. The second kappa shape index (κ2) is 11.6. The standard InChI is InChI=1S/C23H21BrClNO6S/c1-3-30-18-10-14(9-16(24)21(18)32-13-15-7-5-6-8-17(15)25)11-19-22(28)26(23(29)33-19)12-20(27)31-4-2/h5-11H,3-4,12-13H2,1-2H3/b19-11-. The van der Waals surface area contributed by atoms with Gasteiger partial charge in [0.05, 0.1) is 22.6 Å². The molecule has 0 unspecified atom stereocenters. The van der Waals surface area contributed by atoms with Crippen molar-refractivity contribution >= 4 is 62.5 Å². The summed E-state index contributed by atoms with van der Waals surface area (Å²) in [4.78, 5) is 37.6. The highest BCUT2D eigenvalue weighted by Crippen LogP contribution is 2.40. The molecule has 0 atom stereocenters. The van der Waals surface area contributed by atoms with Gasteiger partial charge in [-0.15, -0.1) is 0 Å². The molecule has 1 fully saturated rings. The first-order chi connectivity index (χ1) is 15.8. The minimum atomic E-state index is -0.637. The number of imide groups is 1. The van der Waals surface area contributed by atoms with Gasteiger partial charge in [-0.3, -0.25) is 19.3 Å². The predicted octanol–water partition coefficient (Wildman–Crippen LogP) is 5.68. The number of carbonyl (C=O) groups excluding carboxylic acids is 3. The van der Waals surface area contributed by atoms with Gasteiger partial charge >= 0.3 is 5.97 Å². The summed E-state index contributed by atoms with van der Waals surface area (Å²) in [5, 5.41) is 0.0739. The number of hydrogen-bond donors (Lipinski definition) is 0. The molecule has 1 saturated heterocycles. The molecule has 10 heteroatoms. The monoisotopic (exact) mass is 553 g/mol. The number of benzene rings is 2. The molecule has 2 aromatic carbocycles. The number of halogens is 2. The normalized spacial score (nSPS) is 14.7. The zero-order valence-electron chi connectivity index (χ0n) is 17.9. The summed E-state index contributed by atoms with van der Waals surface area (Å²) in [5.74, 6) is -0.228. The molecule has 7 nitrogen and oxygen atoms in total. The summed E-state index contributed by atoms with van der Waals surface area (Å²) in [7, 11) is 0. The summed E-state index contributed by atoms with van der Waals surface area (Å²) in [6.45, 7) is 3.89. The number of hydrogen-bond acceptors (Lipinski definition) is 7. The third-order valence-electron chi connectivity index (χ3n) is 4.43. The van der Waals surface area contributed by atoms with Crippen LogP contribution >= 0.6 is 39.3 Å². The van der Waals surface area contributed by atoms with Crippen LogP contribution < -0.4 is 9.47 Å². The molecule has 174 valence electrons. The number of carbonyl (C=O) groups is 3. The van der Waals surface area contributed by atoms with E-state index in [0.717, 1.165) is 22.2 Å². The van der Waals surface area contributed by atoms with Gasteiger partial charge in [-0.05, 0) is 71.4 Å². The summed E-state index contributed by atoms with van der Waals surface area (Å²) in [6.07, 6.45) is 1.57. The first kappa shape index (κ1) is 25.1. The molecular weight excluding hydrogens is 534 g/mol. The molecule has 1 aliphatic heterocycles. The molecule has 33 heavy (non-hydrogen) atoms. The van der Waals surface area contributed by atoms with Crippen molar-refractivity contribution in [3.05, 3.63) is 61.9 Å². The van der Waals surface area contributed by atoms with Gasteiger partial charge in [0, 0.05) is 10.6 Å². The molecule has 1 heterocycles. The smallest absolute Gasteiger partial charge is 0.326 e. The third-order valence-corrected chi connectivity index (χ3v) is 6.29. The Bertz CT molecular complexity index is 1110. The fourth-order valence-electron chi connectivity index (χ4n) is 2.96. The molecule has 0 saturated carbocycles. The maximum absolute atomic E-state index is 12.6. The molecule has 0 bridgehead atoms. The van der Waals surface area contributed by atoms with Crippen molar-refractivity contribution in [2.45, 2.75) is 20.5 Å². The zero-order valence-corrected chi connectivity index (χ0v) is 21.1. The highest BCUT2D eigenvalue weighted by molar-refractivity contribution is 9.10. The van der Waals surface area contributed by atoms with Gasteiger partial charge in [-0.1, -0.05) is 29.8 Å². The highest BCUT2D eigenvalue weighted by Gasteiger charge is 2.36. The Kier molecular flexibility index (Phi) is 8.82. The largest absolute Gasteiger partial charge is 0.490 e. The SMILES string of the molecule is CCOC(=O)CN1C(=O)S/C(=C\c2cc(Br)c(OCc3ccccc3Cl)c(OCC)c2)C1=O. The summed E-state index contributed by atoms with van der Waals surface area (Å²) >= 11 is 10.5. The highest BCUT2D eigenvalue weighted by atomic mass is 79.9. The van der Waals surface area contributed by atoms with Crippen LogP contribution in [0.4, 0.5) is 4.79 Å². The minimum absolute atomic E-state index is 0.171. The number of amides is 2. The van der Waals surface area contributed by atoms with E-state index >= 15 is 0 Å². The Morgan fingerprint density at radius 3 is 2.61 bits per heavy atom. The van der Waals surface area contributed by atoms with Gasteiger partial charge < -0.3 is 14.2 Å². The van der Waals surface area contributed by atoms with Crippen LogP contribution in [0.25, 0.3) is 6.08 Å². The molecule has 1 aliphatic rings. The van der Waals surface area contributed by atoms with Crippen LogP contribution in [0.2, 0.25) is 5.02 Å². The second-order valence-electron chi connectivity index (χ2n) is 6.72. The van der Waals surface area contributed by atoms with E-state index in [1.54, 1.807) is 31.2 Å². The van der Waals surface area contributed by atoms with Gasteiger partial charge in [-0.25, -0.2) is 0 Å². The number of esters is 1. The fraction of sp³-hybridized carbons (Fsp3) is 0.261. The van der Waals surface area contributed by atoms with E-state index in [4.69, 9.17) is 25.8 Å². The van der Waals surface area contributed by atoms with E-state index in [2.05, 4.69) is 15.9 Å². The Labute approximate surface area is 209 Å². The van der Waals surface area contributed by atoms with Gasteiger partial charge in [0.2, 0.25) is 0 Å². The topological polar surface area (TPSA) is 82.1 Å². The molecule has 2 aromatic rings. The predicted molar refractivity (Wildman–Crippen MR) is 130 cm³/mol. The van der Waals surface area contributed by atoms with Crippen LogP contribution in [0.1, 0.15) is 25.0 Å². The summed E-state index contributed by atoms with van der Waals surface area (Å²) < 4.78 is 17.2. The molecule has 0 aromatic heterocycles. The lowest BCUT2D eigenvalue weighted by Crippen LogP contribution is -2.34. The second-order valence-corrected chi connectivity index (χ2v) is 8.97. The molecule has 0 aliphatic carbocycles. The van der Waals surface area contributed by atoms with E-state index in [-0.39, 0.29) is 18.1 Å². The average molecular weight is 555 g/mol. The van der Waals surface area contributed by atoms with Gasteiger partial charge in [0.25, 0.3) is 11.1 Å². The van der Waals surface area contributed by atoms with E-state index in [1.807, 2.05) is 25.1 Å². The van der Waals surface area contributed by atoms with Crippen LogP contribution in [-0.4, -0.2) is 41.8 Å². The van der Waals surface area contributed by atoms with Crippen molar-refractivity contribution in [3.8, 4) is 11.5 Å². The summed E-state index contributed by atoms with van der Waals surface area (Å²) in [6, 6.07) is 10.9. The van der Waals surface area contributed by atoms with E-state index in [1.165, 1.54) is 0 Å². The van der Waals surface area contributed by atoms with Gasteiger partial charge in [0.1, 0.15) is 13.2 Å². The van der Waals surface area contributed by atoms with Gasteiger partial charge in [-0.2, -0.15) is 0 Å². The van der Waals surface area contributed by atoms with E-state index < -0.39 is 23.7 Å². The fourth-order valence-corrected chi connectivity index (χ4v) is 4.57. The van der Waals surface area contributed by atoms with Crippen molar-refractivity contribution < 1.29 is 28.6 Å². The van der Waals surface area contributed by atoms with Crippen LogP contribution in [0.5, 0.6) is 11.5 Å². The lowest BCUT2D eigenvalue weighted by atomic mass is 10.1. The molecular formula is C23H21BrClNO6S. The minimum Gasteiger partial charge on any atom is -0.490 e.